The molecule has 1 aliphatic heterocycles. The molecule has 0 aromatic rings. The molecule has 4 atom stereocenters. The largest absolute Gasteiger partial charge is 0.392 e. The van der Waals surface area contributed by atoms with Gasteiger partial charge in [-0.3, -0.25) is 0 Å². The Morgan fingerprint density at radius 3 is 2.27 bits per heavy atom. The Balaban J connectivity index is 2.07. The molecule has 0 amide bonds. The highest BCUT2D eigenvalue weighted by Gasteiger charge is 2.38. The summed E-state index contributed by atoms with van der Waals surface area (Å²) >= 11 is 0. The summed E-state index contributed by atoms with van der Waals surface area (Å²) in [6, 6.07) is 0.289. The van der Waals surface area contributed by atoms with Crippen LogP contribution in [0.2, 0.25) is 0 Å². The molecule has 3 nitrogen and oxygen atoms in total. The van der Waals surface area contributed by atoms with Crippen molar-refractivity contribution in [1.82, 2.24) is 0 Å². The van der Waals surface area contributed by atoms with Crippen LogP contribution in [-0.2, 0) is 4.74 Å². The van der Waals surface area contributed by atoms with Gasteiger partial charge < -0.3 is 15.6 Å². The van der Waals surface area contributed by atoms with E-state index in [-0.39, 0.29) is 12.1 Å². The third-order valence-electron chi connectivity index (χ3n) is 2.84. The number of hydrogen-bond acceptors (Lipinski definition) is 3. The molecule has 3 N–H and O–H groups in total. The monoisotopic (exact) mass is 157 g/mol. The van der Waals surface area contributed by atoms with Gasteiger partial charge in [-0.1, -0.05) is 0 Å². The lowest BCUT2D eigenvalue weighted by atomic mass is 9.75. The van der Waals surface area contributed by atoms with Crippen LogP contribution >= 0.6 is 0 Å². The number of fused-ring (bicyclic) bond motifs is 2. The normalized spacial score (nSPS) is 50.7. The minimum atomic E-state index is -0.149. The van der Waals surface area contributed by atoms with Gasteiger partial charge in [-0.05, 0) is 12.8 Å². The van der Waals surface area contributed by atoms with Crippen LogP contribution in [-0.4, -0.2) is 30.5 Å². The zero-order valence-electron chi connectivity index (χ0n) is 6.57. The van der Waals surface area contributed by atoms with Gasteiger partial charge >= 0.3 is 0 Å². The van der Waals surface area contributed by atoms with Crippen LogP contribution in [0, 0.1) is 11.8 Å². The Hall–Kier alpha value is -0.120. The van der Waals surface area contributed by atoms with E-state index in [2.05, 4.69) is 0 Å². The van der Waals surface area contributed by atoms with Crippen molar-refractivity contribution in [3.63, 3.8) is 0 Å². The number of ether oxygens (including phenoxy) is 1. The van der Waals surface area contributed by atoms with Crippen LogP contribution in [0.4, 0.5) is 0 Å². The van der Waals surface area contributed by atoms with E-state index in [0.717, 1.165) is 12.8 Å². The van der Waals surface area contributed by atoms with Crippen molar-refractivity contribution >= 4 is 0 Å². The van der Waals surface area contributed by atoms with Crippen molar-refractivity contribution in [2.75, 3.05) is 13.2 Å². The molecular weight excluding hydrogens is 142 g/mol. The molecule has 1 heterocycles. The van der Waals surface area contributed by atoms with Crippen LogP contribution in [0.5, 0.6) is 0 Å². The molecule has 1 aliphatic carbocycles. The highest BCUT2D eigenvalue weighted by atomic mass is 16.5. The molecule has 0 aromatic carbocycles. The van der Waals surface area contributed by atoms with E-state index in [1.54, 1.807) is 0 Å². The van der Waals surface area contributed by atoms with Crippen molar-refractivity contribution in [3.8, 4) is 0 Å². The highest BCUT2D eigenvalue weighted by Crippen LogP contribution is 2.32. The van der Waals surface area contributed by atoms with Gasteiger partial charge in [0.1, 0.15) is 0 Å². The van der Waals surface area contributed by atoms with Gasteiger partial charge in [-0.15, -0.1) is 0 Å². The lowest BCUT2D eigenvalue weighted by Crippen LogP contribution is -2.49. The SMILES string of the molecule is NC1C[C@H]2COC[C@@H](C1)C2O. The van der Waals surface area contributed by atoms with Gasteiger partial charge in [0.2, 0.25) is 0 Å². The van der Waals surface area contributed by atoms with Crippen molar-refractivity contribution < 1.29 is 9.84 Å². The smallest absolute Gasteiger partial charge is 0.0641 e. The lowest BCUT2D eigenvalue weighted by molar-refractivity contribution is -0.106. The fraction of sp³-hybridized carbons (Fsp3) is 1.00. The first-order valence-electron chi connectivity index (χ1n) is 4.29. The first kappa shape index (κ1) is 7.53. The first-order chi connectivity index (χ1) is 5.27. The second-order valence-electron chi connectivity index (χ2n) is 3.78. The number of aliphatic hydroxyl groups is 1. The topological polar surface area (TPSA) is 55.5 Å². The molecule has 0 aromatic heterocycles. The minimum Gasteiger partial charge on any atom is -0.392 e. The van der Waals surface area contributed by atoms with E-state index in [0.29, 0.717) is 25.0 Å². The summed E-state index contributed by atoms with van der Waals surface area (Å²) < 4.78 is 5.34. The number of hydrogen-bond donors (Lipinski definition) is 2. The molecule has 2 fully saturated rings. The van der Waals surface area contributed by atoms with Gasteiger partial charge in [-0.2, -0.15) is 0 Å². The van der Waals surface area contributed by atoms with E-state index < -0.39 is 0 Å². The van der Waals surface area contributed by atoms with E-state index in [4.69, 9.17) is 10.5 Å². The average molecular weight is 157 g/mol. The Kier molecular flexibility index (Phi) is 1.87. The van der Waals surface area contributed by atoms with Crippen molar-refractivity contribution in [2.45, 2.75) is 25.0 Å². The average Bonchev–Trinajstić information content (AvgIpc) is 1.92. The maximum Gasteiger partial charge on any atom is 0.0641 e. The standard InChI is InChI=1S/C8H15NO2/c9-7-1-5-3-11-4-6(2-7)8(5)10/h5-8,10H,1-4,9H2/t5-,6+,7?,8?. The van der Waals surface area contributed by atoms with Crippen molar-refractivity contribution in [3.05, 3.63) is 0 Å². The van der Waals surface area contributed by atoms with E-state index in [1.807, 2.05) is 0 Å². The zero-order valence-corrected chi connectivity index (χ0v) is 6.57. The Labute approximate surface area is 66.5 Å². The molecular formula is C8H15NO2. The summed E-state index contributed by atoms with van der Waals surface area (Å²) in [5.74, 6) is 0.606. The molecule has 11 heavy (non-hydrogen) atoms. The van der Waals surface area contributed by atoms with Crippen LogP contribution < -0.4 is 5.73 Å². The van der Waals surface area contributed by atoms with Gasteiger partial charge in [-0.25, -0.2) is 0 Å². The van der Waals surface area contributed by atoms with E-state index >= 15 is 0 Å². The Bertz CT molecular complexity index is 137. The minimum absolute atomic E-state index is 0.149. The second-order valence-corrected chi connectivity index (χ2v) is 3.78. The predicted molar refractivity (Wildman–Crippen MR) is 41.0 cm³/mol. The Morgan fingerprint density at radius 1 is 1.18 bits per heavy atom. The van der Waals surface area contributed by atoms with Crippen LogP contribution in [0.3, 0.4) is 0 Å². The zero-order chi connectivity index (χ0) is 7.84. The summed E-state index contributed by atoms with van der Waals surface area (Å²) in [6.45, 7) is 1.40. The quantitative estimate of drug-likeness (QED) is 0.509. The molecule has 1 saturated carbocycles. The molecule has 2 aliphatic rings. The van der Waals surface area contributed by atoms with Gasteiger partial charge in [0.25, 0.3) is 0 Å². The molecule has 2 bridgehead atoms. The molecule has 1 saturated heterocycles. The molecule has 0 spiro atoms. The molecule has 2 unspecified atom stereocenters. The fourth-order valence-electron chi connectivity index (χ4n) is 2.24. The summed E-state index contributed by atoms with van der Waals surface area (Å²) in [4.78, 5) is 0. The molecule has 2 rings (SSSR count). The fourth-order valence-corrected chi connectivity index (χ4v) is 2.24. The lowest BCUT2D eigenvalue weighted by Gasteiger charge is -2.41. The highest BCUT2D eigenvalue weighted by molar-refractivity contribution is 4.90. The first-order valence-corrected chi connectivity index (χ1v) is 4.29. The third kappa shape index (κ3) is 1.28. The maximum atomic E-state index is 9.67. The van der Waals surface area contributed by atoms with Crippen molar-refractivity contribution in [1.29, 1.82) is 0 Å². The van der Waals surface area contributed by atoms with Gasteiger partial charge in [0, 0.05) is 17.9 Å². The summed E-state index contributed by atoms with van der Waals surface area (Å²) in [7, 11) is 0. The third-order valence-corrected chi connectivity index (χ3v) is 2.84. The van der Waals surface area contributed by atoms with Crippen LogP contribution in [0.25, 0.3) is 0 Å². The number of nitrogens with two attached hydrogens (primary N) is 1. The predicted octanol–water partition coefficient (Wildman–Crippen LogP) is -0.269. The summed E-state index contributed by atoms with van der Waals surface area (Å²) in [5.41, 5.74) is 5.82. The molecule has 64 valence electrons. The summed E-state index contributed by atoms with van der Waals surface area (Å²) in [5, 5.41) is 9.67. The van der Waals surface area contributed by atoms with Crippen LogP contribution in [0.15, 0.2) is 0 Å². The maximum absolute atomic E-state index is 9.67. The van der Waals surface area contributed by atoms with E-state index in [9.17, 15) is 5.11 Å². The second kappa shape index (κ2) is 2.73. The summed E-state index contributed by atoms with van der Waals surface area (Å²) in [6.07, 6.45) is 1.71. The number of aliphatic hydroxyl groups excluding tert-OH is 1. The van der Waals surface area contributed by atoms with Gasteiger partial charge in [0.05, 0.1) is 19.3 Å². The van der Waals surface area contributed by atoms with E-state index in [1.165, 1.54) is 0 Å². The number of rotatable bonds is 0. The van der Waals surface area contributed by atoms with Crippen LogP contribution in [0.1, 0.15) is 12.8 Å². The van der Waals surface area contributed by atoms with Gasteiger partial charge in [0.15, 0.2) is 0 Å². The molecule has 0 radical (unpaired) electrons. The Morgan fingerprint density at radius 2 is 1.73 bits per heavy atom. The van der Waals surface area contributed by atoms with Crippen molar-refractivity contribution in [2.24, 2.45) is 17.6 Å². The molecule has 3 heteroatoms.